The number of rotatable bonds is 5. The summed E-state index contributed by atoms with van der Waals surface area (Å²) in [6, 6.07) is 5.73. The average Bonchev–Trinajstić information content (AvgIpc) is 2.48. The van der Waals surface area contributed by atoms with Crippen LogP contribution in [0, 0.1) is 5.92 Å². The van der Waals surface area contributed by atoms with Crippen molar-refractivity contribution in [1.82, 2.24) is 5.32 Å². The molecule has 0 saturated carbocycles. The van der Waals surface area contributed by atoms with E-state index in [1.54, 1.807) is 0 Å². The molecule has 4 nitrogen and oxygen atoms in total. The lowest BCUT2D eigenvalue weighted by Gasteiger charge is -2.29. The summed E-state index contributed by atoms with van der Waals surface area (Å²) in [5, 5.41) is 6.64. The second-order valence-electron chi connectivity index (χ2n) is 5.37. The van der Waals surface area contributed by atoms with Crippen molar-refractivity contribution < 1.29 is 17.2 Å². The van der Waals surface area contributed by atoms with Crippen molar-refractivity contribution in [2.24, 2.45) is 5.92 Å². The van der Waals surface area contributed by atoms with Gasteiger partial charge in [0.05, 0.1) is 4.90 Å². The van der Waals surface area contributed by atoms with Crippen molar-refractivity contribution in [3.05, 3.63) is 24.3 Å². The number of hydrogen-bond donors (Lipinski definition) is 2. The normalized spacial score (nSPS) is 21.2. The minimum absolute atomic E-state index is 0.232. The number of alkyl halides is 2. The van der Waals surface area contributed by atoms with Gasteiger partial charge in [0.15, 0.2) is 0 Å². The highest BCUT2D eigenvalue weighted by Crippen LogP contribution is 2.22. The standard InChI is InChI=1S/C14H20F2N2O2S/c1-10(11-3-2-8-17-9-11)18-12-4-6-13(7-5-12)21(19,20)14(15)16/h4-7,10-11,14,17-18H,2-3,8-9H2,1H3. The Labute approximate surface area is 123 Å². The summed E-state index contributed by atoms with van der Waals surface area (Å²) in [5.41, 5.74) is 0.737. The summed E-state index contributed by atoms with van der Waals surface area (Å²) in [7, 11) is -4.51. The summed E-state index contributed by atoms with van der Waals surface area (Å²) in [6.07, 6.45) is 2.28. The van der Waals surface area contributed by atoms with Crippen molar-refractivity contribution >= 4 is 15.5 Å². The Morgan fingerprint density at radius 1 is 1.29 bits per heavy atom. The fraction of sp³-hybridized carbons (Fsp3) is 0.571. The predicted octanol–water partition coefficient (Wildman–Crippen LogP) is 2.48. The molecule has 1 aromatic rings. The number of sulfone groups is 1. The Bertz CT molecular complexity index is 555. The largest absolute Gasteiger partial charge is 0.382 e. The van der Waals surface area contributed by atoms with E-state index in [4.69, 9.17) is 0 Å². The number of anilines is 1. The van der Waals surface area contributed by atoms with E-state index in [-0.39, 0.29) is 10.9 Å². The molecule has 1 aliphatic rings. The molecule has 0 spiro atoms. The molecule has 0 radical (unpaired) electrons. The van der Waals surface area contributed by atoms with Gasteiger partial charge < -0.3 is 10.6 Å². The second-order valence-corrected chi connectivity index (χ2v) is 7.29. The molecule has 118 valence electrons. The molecule has 1 aliphatic heterocycles. The molecule has 0 aromatic heterocycles. The lowest BCUT2D eigenvalue weighted by Crippen LogP contribution is -2.38. The minimum atomic E-state index is -4.51. The second kappa shape index (κ2) is 6.70. The maximum absolute atomic E-state index is 12.4. The molecular formula is C14H20F2N2O2S. The first-order valence-electron chi connectivity index (χ1n) is 7.00. The van der Waals surface area contributed by atoms with E-state index in [1.165, 1.54) is 24.3 Å². The first-order chi connectivity index (χ1) is 9.91. The van der Waals surface area contributed by atoms with E-state index < -0.39 is 15.6 Å². The molecule has 1 saturated heterocycles. The Kier molecular flexibility index (Phi) is 5.16. The first kappa shape index (κ1) is 16.2. The first-order valence-corrected chi connectivity index (χ1v) is 8.55. The van der Waals surface area contributed by atoms with Crippen LogP contribution in [0.2, 0.25) is 0 Å². The molecule has 1 fully saturated rings. The van der Waals surface area contributed by atoms with Gasteiger partial charge in [-0.15, -0.1) is 0 Å². The summed E-state index contributed by atoms with van der Waals surface area (Å²) in [4.78, 5) is -0.352. The monoisotopic (exact) mass is 318 g/mol. The Balaban J connectivity index is 2.02. The molecule has 2 atom stereocenters. The highest BCUT2D eigenvalue weighted by molar-refractivity contribution is 7.91. The third-order valence-corrected chi connectivity index (χ3v) is 5.25. The van der Waals surface area contributed by atoms with Crippen LogP contribution in [0.25, 0.3) is 0 Å². The van der Waals surface area contributed by atoms with E-state index in [0.29, 0.717) is 5.92 Å². The molecule has 2 unspecified atom stereocenters. The predicted molar refractivity (Wildman–Crippen MR) is 78.3 cm³/mol. The highest BCUT2D eigenvalue weighted by atomic mass is 32.2. The van der Waals surface area contributed by atoms with Crippen molar-refractivity contribution in [3.8, 4) is 0 Å². The molecule has 0 amide bonds. The van der Waals surface area contributed by atoms with E-state index in [0.717, 1.165) is 31.6 Å². The number of hydrogen-bond acceptors (Lipinski definition) is 4. The zero-order valence-electron chi connectivity index (χ0n) is 11.9. The van der Waals surface area contributed by atoms with Crippen molar-refractivity contribution in [2.75, 3.05) is 18.4 Å². The van der Waals surface area contributed by atoms with Crippen LogP contribution >= 0.6 is 0 Å². The third kappa shape index (κ3) is 3.91. The van der Waals surface area contributed by atoms with Crippen LogP contribution in [0.3, 0.4) is 0 Å². The van der Waals surface area contributed by atoms with E-state index in [1.807, 2.05) is 0 Å². The van der Waals surface area contributed by atoms with Gasteiger partial charge in [-0.05, 0) is 63.0 Å². The van der Waals surface area contributed by atoms with E-state index in [2.05, 4.69) is 17.6 Å². The van der Waals surface area contributed by atoms with Gasteiger partial charge in [-0.2, -0.15) is 8.78 Å². The van der Waals surface area contributed by atoms with Gasteiger partial charge in [-0.25, -0.2) is 8.42 Å². The fourth-order valence-electron chi connectivity index (χ4n) is 2.53. The maximum atomic E-state index is 12.4. The van der Waals surface area contributed by atoms with Crippen LogP contribution in [-0.2, 0) is 9.84 Å². The van der Waals surface area contributed by atoms with E-state index >= 15 is 0 Å². The number of piperidine rings is 1. The van der Waals surface area contributed by atoms with Gasteiger partial charge in [-0.3, -0.25) is 0 Å². The van der Waals surface area contributed by atoms with Crippen LogP contribution < -0.4 is 10.6 Å². The van der Waals surface area contributed by atoms with Crippen LogP contribution in [0.4, 0.5) is 14.5 Å². The topological polar surface area (TPSA) is 58.2 Å². The SMILES string of the molecule is CC(Nc1ccc(S(=O)(=O)C(F)F)cc1)C1CCCNC1. The lowest BCUT2D eigenvalue weighted by molar-refractivity contribution is 0.234. The average molecular weight is 318 g/mol. The van der Waals surface area contributed by atoms with Crippen LogP contribution in [0.5, 0.6) is 0 Å². The maximum Gasteiger partial charge on any atom is 0.341 e. The molecular weight excluding hydrogens is 298 g/mol. The number of benzene rings is 1. The molecule has 2 rings (SSSR count). The van der Waals surface area contributed by atoms with Gasteiger partial charge in [0.2, 0.25) is 9.84 Å². The Morgan fingerprint density at radius 2 is 1.95 bits per heavy atom. The minimum Gasteiger partial charge on any atom is -0.382 e. The fourth-order valence-corrected chi connectivity index (χ4v) is 3.25. The number of nitrogens with one attached hydrogen (secondary N) is 2. The van der Waals surface area contributed by atoms with Gasteiger partial charge in [0.25, 0.3) is 0 Å². The molecule has 21 heavy (non-hydrogen) atoms. The summed E-state index contributed by atoms with van der Waals surface area (Å²) in [5.74, 6) is -2.88. The van der Waals surface area contributed by atoms with Crippen molar-refractivity contribution in [1.29, 1.82) is 0 Å². The smallest absolute Gasteiger partial charge is 0.341 e. The van der Waals surface area contributed by atoms with Gasteiger partial charge >= 0.3 is 5.76 Å². The summed E-state index contributed by atoms with van der Waals surface area (Å²) in [6.45, 7) is 4.07. The molecule has 7 heteroatoms. The molecule has 2 N–H and O–H groups in total. The molecule has 0 bridgehead atoms. The van der Waals surface area contributed by atoms with Crippen molar-refractivity contribution in [2.45, 2.75) is 36.5 Å². The Morgan fingerprint density at radius 3 is 2.48 bits per heavy atom. The summed E-state index contributed by atoms with van der Waals surface area (Å²) < 4.78 is 47.6. The molecule has 1 heterocycles. The van der Waals surface area contributed by atoms with E-state index in [9.17, 15) is 17.2 Å². The van der Waals surface area contributed by atoms with Crippen LogP contribution in [0.1, 0.15) is 19.8 Å². The Hall–Kier alpha value is -1.21. The number of halogens is 2. The van der Waals surface area contributed by atoms with Crippen molar-refractivity contribution in [3.63, 3.8) is 0 Å². The quantitative estimate of drug-likeness (QED) is 0.876. The van der Waals surface area contributed by atoms with Crippen LogP contribution in [-0.4, -0.2) is 33.3 Å². The zero-order valence-corrected chi connectivity index (χ0v) is 12.7. The van der Waals surface area contributed by atoms with Gasteiger partial charge in [0.1, 0.15) is 0 Å². The lowest BCUT2D eigenvalue weighted by atomic mass is 9.92. The van der Waals surface area contributed by atoms with Gasteiger partial charge in [-0.1, -0.05) is 0 Å². The molecule has 1 aromatic carbocycles. The molecule has 0 aliphatic carbocycles. The third-order valence-electron chi connectivity index (χ3n) is 3.85. The van der Waals surface area contributed by atoms with Crippen LogP contribution in [0.15, 0.2) is 29.2 Å². The zero-order chi connectivity index (χ0) is 15.5. The van der Waals surface area contributed by atoms with Gasteiger partial charge in [0, 0.05) is 11.7 Å². The summed E-state index contributed by atoms with van der Waals surface area (Å²) >= 11 is 0. The highest BCUT2D eigenvalue weighted by Gasteiger charge is 2.26.